The van der Waals surface area contributed by atoms with Crippen LogP contribution in [0.2, 0.25) is 0 Å². The minimum Gasteiger partial charge on any atom is -0.496 e. The zero-order valence-corrected chi connectivity index (χ0v) is 21.3. The molecule has 0 bridgehead atoms. The molecule has 2 heterocycles. The van der Waals surface area contributed by atoms with Crippen molar-refractivity contribution in [3.05, 3.63) is 132 Å². The molecule has 6 heteroatoms. The minimum absolute atomic E-state index is 0.0350. The predicted molar refractivity (Wildman–Crippen MR) is 148 cm³/mol. The molecule has 0 fully saturated rings. The lowest BCUT2D eigenvalue weighted by molar-refractivity contribution is -0.121. The van der Waals surface area contributed by atoms with E-state index in [1.165, 1.54) is 12.1 Å². The SMILES string of the molecule is COc1ccccc1[C@H](CC(=O)NCCc1ccccn1)c1cn(Cc2ccc(F)cc2)c2ccccc12. The van der Waals surface area contributed by atoms with Crippen LogP contribution in [0.15, 0.2) is 103 Å². The highest BCUT2D eigenvalue weighted by Crippen LogP contribution is 2.38. The number of methoxy groups -OCH3 is 1. The van der Waals surface area contributed by atoms with Gasteiger partial charge in [0, 0.05) is 66.4 Å². The number of carbonyl (C=O) groups is 1. The molecule has 1 amide bonds. The van der Waals surface area contributed by atoms with Gasteiger partial charge in [0.25, 0.3) is 0 Å². The lowest BCUT2D eigenvalue weighted by atomic mass is 9.87. The van der Waals surface area contributed by atoms with Gasteiger partial charge in [-0.15, -0.1) is 0 Å². The number of hydrogen-bond acceptors (Lipinski definition) is 3. The van der Waals surface area contributed by atoms with Gasteiger partial charge < -0.3 is 14.6 Å². The van der Waals surface area contributed by atoms with Crippen LogP contribution in [0.4, 0.5) is 4.39 Å². The van der Waals surface area contributed by atoms with E-state index in [2.05, 4.69) is 33.2 Å². The highest BCUT2D eigenvalue weighted by molar-refractivity contribution is 5.87. The summed E-state index contributed by atoms with van der Waals surface area (Å²) in [7, 11) is 1.65. The average Bonchev–Trinajstić information content (AvgIpc) is 3.31. The number of amides is 1. The van der Waals surface area contributed by atoms with Crippen LogP contribution in [-0.4, -0.2) is 29.1 Å². The van der Waals surface area contributed by atoms with E-state index in [0.717, 1.165) is 39.0 Å². The van der Waals surface area contributed by atoms with Gasteiger partial charge in [-0.2, -0.15) is 0 Å². The van der Waals surface area contributed by atoms with Gasteiger partial charge in [-0.1, -0.05) is 54.6 Å². The van der Waals surface area contributed by atoms with Gasteiger partial charge in [0.15, 0.2) is 0 Å². The number of ether oxygens (including phenoxy) is 1. The van der Waals surface area contributed by atoms with Crippen molar-refractivity contribution in [1.82, 2.24) is 14.9 Å². The van der Waals surface area contributed by atoms with Gasteiger partial charge in [0.2, 0.25) is 5.91 Å². The molecule has 5 rings (SSSR count). The first kappa shape index (κ1) is 25.2. The van der Waals surface area contributed by atoms with E-state index in [0.29, 0.717) is 19.5 Å². The maximum atomic E-state index is 13.5. The topological polar surface area (TPSA) is 56.1 Å². The van der Waals surface area contributed by atoms with Crippen LogP contribution >= 0.6 is 0 Å². The van der Waals surface area contributed by atoms with Gasteiger partial charge in [0.1, 0.15) is 11.6 Å². The molecule has 0 aliphatic carbocycles. The van der Waals surface area contributed by atoms with Gasteiger partial charge >= 0.3 is 0 Å². The Morgan fingerprint density at radius 2 is 1.71 bits per heavy atom. The summed E-state index contributed by atoms with van der Waals surface area (Å²) in [5.41, 5.74) is 5.01. The van der Waals surface area contributed by atoms with Crippen LogP contribution in [0.3, 0.4) is 0 Å². The Morgan fingerprint density at radius 1 is 0.947 bits per heavy atom. The Labute approximate surface area is 221 Å². The molecule has 0 aliphatic heterocycles. The predicted octanol–water partition coefficient (Wildman–Crippen LogP) is 6.11. The van der Waals surface area contributed by atoms with E-state index in [9.17, 15) is 9.18 Å². The highest BCUT2D eigenvalue weighted by atomic mass is 19.1. The zero-order valence-electron chi connectivity index (χ0n) is 21.3. The number of pyridine rings is 1. The second kappa shape index (κ2) is 11.7. The molecule has 192 valence electrons. The first-order chi connectivity index (χ1) is 18.6. The average molecular weight is 508 g/mol. The van der Waals surface area contributed by atoms with Crippen LogP contribution in [0.5, 0.6) is 5.75 Å². The van der Waals surface area contributed by atoms with Crippen molar-refractivity contribution in [3.8, 4) is 5.75 Å². The molecule has 0 spiro atoms. The zero-order chi connectivity index (χ0) is 26.3. The molecule has 3 aromatic carbocycles. The standard InChI is InChI=1S/C32H30FN3O2/c1-38-31-12-5-3-10-27(31)28(20-32(37)35-19-17-25-8-6-7-18-34-25)29-22-36(30-11-4-2-9-26(29)30)21-23-13-15-24(33)16-14-23/h2-16,18,22,28H,17,19-21H2,1H3,(H,35,37)/t28-/m0/s1. The summed E-state index contributed by atoms with van der Waals surface area (Å²) < 4.78 is 21.4. The van der Waals surface area contributed by atoms with E-state index >= 15 is 0 Å². The third kappa shape index (κ3) is 5.75. The molecule has 5 aromatic rings. The number of rotatable bonds is 10. The summed E-state index contributed by atoms with van der Waals surface area (Å²) in [6.45, 7) is 1.11. The molecule has 0 radical (unpaired) electrons. The van der Waals surface area contributed by atoms with Crippen molar-refractivity contribution < 1.29 is 13.9 Å². The summed E-state index contributed by atoms with van der Waals surface area (Å²) in [5.74, 6) is 0.235. The first-order valence-corrected chi connectivity index (χ1v) is 12.7. The van der Waals surface area contributed by atoms with Crippen LogP contribution in [-0.2, 0) is 17.8 Å². The number of halogens is 1. The third-order valence-electron chi connectivity index (χ3n) is 6.79. The van der Waals surface area contributed by atoms with Crippen LogP contribution in [0, 0.1) is 5.82 Å². The number of para-hydroxylation sites is 2. The summed E-state index contributed by atoms with van der Waals surface area (Å²) in [6, 6.07) is 28.4. The summed E-state index contributed by atoms with van der Waals surface area (Å²) in [6.07, 6.45) is 4.82. The quantitative estimate of drug-likeness (QED) is 0.248. The summed E-state index contributed by atoms with van der Waals surface area (Å²) in [5, 5.41) is 4.15. The van der Waals surface area contributed by atoms with Crippen LogP contribution < -0.4 is 10.1 Å². The van der Waals surface area contributed by atoms with Gasteiger partial charge in [-0.25, -0.2) is 4.39 Å². The fraction of sp³-hybridized carbons (Fsp3) is 0.188. The van der Waals surface area contributed by atoms with E-state index in [-0.39, 0.29) is 24.1 Å². The molecule has 0 saturated heterocycles. The Kier molecular flexibility index (Phi) is 7.78. The molecule has 1 atom stereocenters. The number of aromatic nitrogens is 2. The Hall–Kier alpha value is -4.45. The second-order valence-electron chi connectivity index (χ2n) is 9.28. The Bertz CT molecular complexity index is 1510. The maximum absolute atomic E-state index is 13.5. The Morgan fingerprint density at radius 3 is 2.50 bits per heavy atom. The van der Waals surface area contributed by atoms with E-state index in [1.807, 2.05) is 54.6 Å². The van der Waals surface area contributed by atoms with Crippen LogP contribution in [0.25, 0.3) is 10.9 Å². The molecule has 2 aromatic heterocycles. The number of nitrogens with zero attached hydrogens (tertiary/aromatic N) is 2. The summed E-state index contributed by atoms with van der Waals surface area (Å²) >= 11 is 0. The molecule has 0 saturated carbocycles. The fourth-order valence-electron chi connectivity index (χ4n) is 4.95. The van der Waals surface area contributed by atoms with Gasteiger partial charge in [-0.05, 0) is 47.5 Å². The van der Waals surface area contributed by atoms with Gasteiger partial charge in [0.05, 0.1) is 7.11 Å². The second-order valence-corrected chi connectivity index (χ2v) is 9.28. The Balaban J connectivity index is 1.47. The third-order valence-corrected chi connectivity index (χ3v) is 6.79. The molecular formula is C32H30FN3O2. The molecule has 0 aliphatic rings. The van der Waals surface area contributed by atoms with Crippen LogP contribution in [0.1, 0.15) is 34.7 Å². The molecular weight excluding hydrogens is 477 g/mol. The van der Waals surface area contributed by atoms with Crippen molar-refractivity contribution in [2.75, 3.05) is 13.7 Å². The van der Waals surface area contributed by atoms with Crippen molar-refractivity contribution >= 4 is 16.8 Å². The molecule has 38 heavy (non-hydrogen) atoms. The number of fused-ring (bicyclic) bond motifs is 1. The largest absolute Gasteiger partial charge is 0.496 e. The molecule has 0 unspecified atom stereocenters. The fourth-order valence-corrected chi connectivity index (χ4v) is 4.95. The minimum atomic E-state index is -0.253. The smallest absolute Gasteiger partial charge is 0.220 e. The number of hydrogen-bond donors (Lipinski definition) is 1. The van der Waals surface area contributed by atoms with E-state index < -0.39 is 0 Å². The maximum Gasteiger partial charge on any atom is 0.220 e. The van der Waals surface area contributed by atoms with Gasteiger partial charge in [-0.3, -0.25) is 9.78 Å². The van der Waals surface area contributed by atoms with Crippen molar-refractivity contribution in [2.24, 2.45) is 0 Å². The molecule has 1 N–H and O–H groups in total. The lowest BCUT2D eigenvalue weighted by Gasteiger charge is -2.20. The number of benzene rings is 3. The highest BCUT2D eigenvalue weighted by Gasteiger charge is 2.25. The van der Waals surface area contributed by atoms with Crippen molar-refractivity contribution in [3.63, 3.8) is 0 Å². The van der Waals surface area contributed by atoms with Crippen molar-refractivity contribution in [1.29, 1.82) is 0 Å². The first-order valence-electron chi connectivity index (χ1n) is 12.7. The molecule has 5 nitrogen and oxygen atoms in total. The van der Waals surface area contributed by atoms with Crippen molar-refractivity contribution in [2.45, 2.75) is 25.3 Å². The number of nitrogens with one attached hydrogen (secondary N) is 1. The lowest BCUT2D eigenvalue weighted by Crippen LogP contribution is -2.27. The van der Waals surface area contributed by atoms with E-state index in [4.69, 9.17) is 4.74 Å². The van der Waals surface area contributed by atoms with E-state index in [1.54, 1.807) is 25.4 Å². The number of carbonyl (C=O) groups excluding carboxylic acids is 1. The summed E-state index contributed by atoms with van der Waals surface area (Å²) in [4.78, 5) is 17.6. The normalized spacial score (nSPS) is 11.8. The monoisotopic (exact) mass is 507 g/mol.